The van der Waals surface area contributed by atoms with Gasteiger partial charge in [-0.1, -0.05) is 43.7 Å². The molecule has 29 heavy (non-hydrogen) atoms. The highest BCUT2D eigenvalue weighted by Gasteiger charge is 2.59. The lowest BCUT2D eigenvalue weighted by atomic mass is 9.55. The van der Waals surface area contributed by atoms with Crippen molar-refractivity contribution in [1.82, 2.24) is 5.32 Å². The molecule has 5 heteroatoms. The van der Waals surface area contributed by atoms with Crippen LogP contribution in [0.2, 0.25) is 0 Å². The van der Waals surface area contributed by atoms with Gasteiger partial charge >= 0.3 is 5.97 Å². The van der Waals surface area contributed by atoms with Crippen molar-refractivity contribution in [3.63, 3.8) is 0 Å². The van der Waals surface area contributed by atoms with Gasteiger partial charge in [0.15, 0.2) is 0 Å². The number of hydrogen-bond acceptors (Lipinski definition) is 5. The van der Waals surface area contributed by atoms with E-state index < -0.39 is 6.10 Å². The molecule has 1 heterocycles. The largest absolute Gasteiger partial charge is 0.496 e. The van der Waals surface area contributed by atoms with E-state index in [0.29, 0.717) is 12.5 Å². The molecule has 1 aliphatic heterocycles. The van der Waals surface area contributed by atoms with E-state index in [0.717, 1.165) is 43.5 Å². The van der Waals surface area contributed by atoms with Crippen molar-refractivity contribution in [3.05, 3.63) is 41.5 Å². The van der Waals surface area contributed by atoms with Gasteiger partial charge in [0.2, 0.25) is 0 Å². The van der Waals surface area contributed by atoms with Crippen LogP contribution < -0.4 is 10.1 Å². The van der Waals surface area contributed by atoms with Crippen LogP contribution in [0.3, 0.4) is 0 Å². The number of carbonyl (C=O) groups is 1. The number of aliphatic hydroxyl groups excluding tert-OH is 1. The van der Waals surface area contributed by atoms with Crippen LogP contribution in [-0.2, 0) is 16.0 Å². The number of para-hydroxylation sites is 1. The Morgan fingerprint density at radius 3 is 2.93 bits per heavy atom. The highest BCUT2D eigenvalue weighted by atomic mass is 16.6. The second-order valence-corrected chi connectivity index (χ2v) is 9.06. The summed E-state index contributed by atoms with van der Waals surface area (Å²) in [6.45, 7) is 5.69. The number of carbonyl (C=O) groups excluding carboxylic acids is 1. The quantitative estimate of drug-likeness (QED) is 0.437. The molecule has 2 aliphatic carbocycles. The van der Waals surface area contributed by atoms with Crippen LogP contribution in [0.5, 0.6) is 5.75 Å². The number of ether oxygens (including phenoxy) is 2. The number of benzene rings is 1. The van der Waals surface area contributed by atoms with Gasteiger partial charge in [-0.15, -0.1) is 0 Å². The monoisotopic (exact) mass is 399 g/mol. The fourth-order valence-corrected chi connectivity index (χ4v) is 5.69. The van der Waals surface area contributed by atoms with Crippen molar-refractivity contribution in [3.8, 4) is 5.75 Å². The third-order valence-electron chi connectivity index (χ3n) is 7.70. The molecule has 2 fully saturated rings. The molecule has 1 saturated heterocycles. The third kappa shape index (κ3) is 3.49. The first-order chi connectivity index (χ1) is 14.0. The van der Waals surface area contributed by atoms with Gasteiger partial charge in [0.1, 0.15) is 11.9 Å². The zero-order chi connectivity index (χ0) is 20.6. The smallest absolute Gasteiger partial charge is 0.311 e. The number of fused-ring (bicyclic) bond motifs is 2. The van der Waals surface area contributed by atoms with Crippen molar-refractivity contribution in [1.29, 1.82) is 0 Å². The minimum Gasteiger partial charge on any atom is -0.496 e. The van der Waals surface area contributed by atoms with E-state index in [4.69, 9.17) is 9.47 Å². The summed E-state index contributed by atoms with van der Waals surface area (Å²) >= 11 is 0. The molecule has 5 nitrogen and oxygen atoms in total. The van der Waals surface area contributed by atoms with E-state index in [9.17, 15) is 9.90 Å². The number of nitrogens with one attached hydrogen (secondary N) is 1. The molecular formula is C24H33NO4. The maximum Gasteiger partial charge on any atom is 0.311 e. The molecule has 0 radical (unpaired) electrons. The Hall–Kier alpha value is -1.85. The zero-order valence-corrected chi connectivity index (χ0v) is 17.7. The molecule has 0 bridgehead atoms. The first kappa shape index (κ1) is 20.4. The molecule has 4 rings (SSSR count). The standard InChI is InChI=1S/C24H33NO4/c1-15-7-6-9-17-13-20-21(22(26)24(15,17)2)18(23(27)29-20)14-25-12-11-16-8-4-5-10-19(16)28-3/h4-5,8-10,15,18,20-22,25-26H,6-7,11-14H2,1-3H3/t15-,18-,20-,21+,22+,24-/m1/s1. The molecule has 2 N–H and O–H groups in total. The molecule has 1 saturated carbocycles. The van der Waals surface area contributed by atoms with Crippen LogP contribution in [0.1, 0.15) is 38.7 Å². The summed E-state index contributed by atoms with van der Waals surface area (Å²) in [6.07, 6.45) is 5.27. The van der Waals surface area contributed by atoms with Crippen LogP contribution in [0.4, 0.5) is 0 Å². The second kappa shape index (κ2) is 8.11. The highest BCUT2D eigenvalue weighted by Crippen LogP contribution is 2.55. The average molecular weight is 400 g/mol. The maximum atomic E-state index is 12.6. The molecule has 1 aromatic rings. The Balaban J connectivity index is 1.41. The Bertz CT molecular complexity index is 791. The highest BCUT2D eigenvalue weighted by molar-refractivity contribution is 5.76. The van der Waals surface area contributed by atoms with Gasteiger partial charge in [0.25, 0.3) is 0 Å². The summed E-state index contributed by atoms with van der Waals surface area (Å²) in [7, 11) is 1.68. The molecule has 0 aromatic heterocycles. The Kier molecular flexibility index (Phi) is 5.71. The number of rotatable bonds is 6. The molecule has 0 spiro atoms. The normalized spacial score (nSPS) is 36.1. The molecular weight excluding hydrogens is 366 g/mol. The van der Waals surface area contributed by atoms with Crippen molar-refractivity contribution in [2.75, 3.05) is 20.2 Å². The topological polar surface area (TPSA) is 67.8 Å². The summed E-state index contributed by atoms with van der Waals surface area (Å²) in [5.41, 5.74) is 2.18. The summed E-state index contributed by atoms with van der Waals surface area (Å²) in [6, 6.07) is 7.99. The van der Waals surface area contributed by atoms with Gasteiger partial charge in [0.05, 0.1) is 19.1 Å². The number of esters is 1. The van der Waals surface area contributed by atoms with Crippen LogP contribution in [0.15, 0.2) is 35.9 Å². The average Bonchev–Trinajstić information content (AvgIpc) is 3.03. The minimum atomic E-state index is -0.546. The van der Waals surface area contributed by atoms with Gasteiger partial charge in [-0.05, 0) is 43.4 Å². The number of allylic oxidation sites excluding steroid dienone is 1. The van der Waals surface area contributed by atoms with Crippen molar-refractivity contribution in [2.45, 2.75) is 51.7 Å². The molecule has 6 atom stereocenters. The predicted molar refractivity (Wildman–Crippen MR) is 112 cm³/mol. The van der Waals surface area contributed by atoms with Gasteiger partial charge < -0.3 is 19.9 Å². The van der Waals surface area contributed by atoms with E-state index in [1.54, 1.807) is 7.11 Å². The zero-order valence-electron chi connectivity index (χ0n) is 17.7. The van der Waals surface area contributed by atoms with Crippen LogP contribution in [0, 0.1) is 23.2 Å². The van der Waals surface area contributed by atoms with Crippen molar-refractivity contribution in [2.24, 2.45) is 23.2 Å². The second-order valence-electron chi connectivity index (χ2n) is 9.06. The van der Waals surface area contributed by atoms with Crippen molar-refractivity contribution < 1.29 is 19.4 Å². The molecule has 3 aliphatic rings. The lowest BCUT2D eigenvalue weighted by Gasteiger charge is -2.51. The lowest BCUT2D eigenvalue weighted by molar-refractivity contribution is -0.144. The van der Waals surface area contributed by atoms with Gasteiger partial charge in [-0.3, -0.25) is 4.79 Å². The summed E-state index contributed by atoms with van der Waals surface area (Å²) in [4.78, 5) is 12.6. The van der Waals surface area contributed by atoms with E-state index in [-0.39, 0.29) is 29.3 Å². The first-order valence-electron chi connectivity index (χ1n) is 10.9. The maximum absolute atomic E-state index is 12.6. The summed E-state index contributed by atoms with van der Waals surface area (Å²) < 4.78 is 11.1. The predicted octanol–water partition coefficient (Wildman–Crippen LogP) is 3.11. The van der Waals surface area contributed by atoms with Crippen LogP contribution >= 0.6 is 0 Å². The van der Waals surface area contributed by atoms with Gasteiger partial charge in [-0.25, -0.2) is 0 Å². The first-order valence-corrected chi connectivity index (χ1v) is 10.9. The van der Waals surface area contributed by atoms with Gasteiger partial charge in [0, 0.05) is 24.3 Å². The Morgan fingerprint density at radius 2 is 2.14 bits per heavy atom. The molecule has 0 amide bonds. The minimum absolute atomic E-state index is 0.135. The third-order valence-corrected chi connectivity index (χ3v) is 7.70. The van der Waals surface area contributed by atoms with E-state index >= 15 is 0 Å². The Morgan fingerprint density at radius 1 is 1.34 bits per heavy atom. The van der Waals surface area contributed by atoms with E-state index in [2.05, 4.69) is 31.3 Å². The fraction of sp³-hybridized carbons (Fsp3) is 0.625. The van der Waals surface area contributed by atoms with Gasteiger partial charge in [-0.2, -0.15) is 0 Å². The number of methoxy groups -OCH3 is 1. The van der Waals surface area contributed by atoms with E-state index in [1.807, 2.05) is 18.2 Å². The van der Waals surface area contributed by atoms with Crippen LogP contribution in [0.25, 0.3) is 0 Å². The molecule has 0 unspecified atom stereocenters. The Labute approximate surface area is 173 Å². The molecule has 1 aromatic carbocycles. The lowest BCUT2D eigenvalue weighted by Crippen LogP contribution is -2.54. The van der Waals surface area contributed by atoms with E-state index in [1.165, 1.54) is 5.57 Å². The number of hydrogen-bond donors (Lipinski definition) is 2. The van der Waals surface area contributed by atoms with Crippen molar-refractivity contribution >= 4 is 5.97 Å². The SMILES string of the molecule is COc1ccccc1CCNC[C@H]1C(=O)O[C@@H]2CC3=CCC[C@@H](C)[C@@]3(C)[C@@H](O)[C@H]21. The molecule has 158 valence electrons. The fourth-order valence-electron chi connectivity index (χ4n) is 5.69. The number of aliphatic hydroxyl groups is 1. The van der Waals surface area contributed by atoms with Crippen LogP contribution in [-0.4, -0.2) is 43.5 Å². The summed E-state index contributed by atoms with van der Waals surface area (Å²) in [5, 5.41) is 14.8. The summed E-state index contributed by atoms with van der Waals surface area (Å²) in [5.74, 6) is 0.702.